The molecule has 5 rings (SSSR count). The summed E-state index contributed by atoms with van der Waals surface area (Å²) in [6, 6.07) is 3.81. The number of piperazine rings is 1. The number of hydrogen-bond acceptors (Lipinski definition) is 6. The van der Waals surface area contributed by atoms with E-state index in [1.165, 1.54) is 42.5 Å². The third-order valence-electron chi connectivity index (χ3n) is 8.28. The number of nitrogens with zero attached hydrogens (tertiary/aromatic N) is 3. The van der Waals surface area contributed by atoms with Gasteiger partial charge in [-0.2, -0.15) is 4.31 Å². The van der Waals surface area contributed by atoms with Crippen molar-refractivity contribution < 1.29 is 22.7 Å². The van der Waals surface area contributed by atoms with Crippen LogP contribution in [0.5, 0.6) is 5.75 Å². The summed E-state index contributed by atoms with van der Waals surface area (Å²) < 4.78 is 34.4. The first-order valence-electron chi connectivity index (χ1n) is 13.4. The molecule has 1 aromatic rings. The molecule has 0 unspecified atom stereocenters. The molecule has 1 saturated carbocycles. The van der Waals surface area contributed by atoms with Gasteiger partial charge in [-0.1, -0.05) is 19.3 Å². The van der Waals surface area contributed by atoms with Gasteiger partial charge in [0, 0.05) is 51.4 Å². The lowest BCUT2D eigenvalue weighted by molar-refractivity contribution is -0.139. The standard InChI is InChI=1S/C26H38N4O5S/c1-18-15-22-23(35-19(2)25(31)27-22)16-24(18)36(33,34)30-10-6-7-20(17-30)26(32)29-13-11-28(12-14-29)21-8-4-3-5-9-21/h15-16,19-21H,3-14,17H2,1-2H3,(H,27,31)/t19-,20-/m0/s1. The molecule has 1 aromatic carbocycles. The number of rotatable bonds is 4. The van der Waals surface area contributed by atoms with Gasteiger partial charge in [-0.25, -0.2) is 8.42 Å². The number of aryl methyl sites for hydroxylation is 1. The zero-order valence-electron chi connectivity index (χ0n) is 21.4. The monoisotopic (exact) mass is 518 g/mol. The van der Waals surface area contributed by atoms with Crippen LogP contribution in [0.15, 0.2) is 17.0 Å². The molecule has 2 amide bonds. The van der Waals surface area contributed by atoms with Crippen molar-refractivity contribution in [2.45, 2.75) is 75.8 Å². The van der Waals surface area contributed by atoms with Crippen molar-refractivity contribution in [2.24, 2.45) is 5.92 Å². The minimum absolute atomic E-state index is 0.0835. The first kappa shape index (κ1) is 25.5. The van der Waals surface area contributed by atoms with Crippen LogP contribution >= 0.6 is 0 Å². The number of amides is 2. The third kappa shape index (κ3) is 4.99. The number of ether oxygens (including phenoxy) is 1. The average Bonchev–Trinajstić information content (AvgIpc) is 2.89. The first-order valence-corrected chi connectivity index (χ1v) is 14.8. The maximum atomic E-state index is 13.7. The number of hydrogen-bond donors (Lipinski definition) is 1. The van der Waals surface area contributed by atoms with Crippen molar-refractivity contribution in [3.05, 3.63) is 17.7 Å². The van der Waals surface area contributed by atoms with Gasteiger partial charge in [0.25, 0.3) is 5.91 Å². The van der Waals surface area contributed by atoms with Crippen LogP contribution < -0.4 is 10.1 Å². The van der Waals surface area contributed by atoms with Gasteiger partial charge >= 0.3 is 0 Å². The predicted octanol–water partition coefficient (Wildman–Crippen LogP) is 2.59. The summed E-state index contributed by atoms with van der Waals surface area (Å²) in [7, 11) is -3.82. The molecule has 198 valence electrons. The van der Waals surface area contributed by atoms with Crippen molar-refractivity contribution in [1.82, 2.24) is 14.1 Å². The summed E-state index contributed by atoms with van der Waals surface area (Å²) in [4.78, 5) is 30.0. The quantitative estimate of drug-likeness (QED) is 0.658. The molecule has 9 nitrogen and oxygen atoms in total. The van der Waals surface area contributed by atoms with Crippen LogP contribution in [-0.2, 0) is 19.6 Å². The molecule has 36 heavy (non-hydrogen) atoms. The van der Waals surface area contributed by atoms with Crippen molar-refractivity contribution in [3.8, 4) is 5.75 Å². The molecular weight excluding hydrogens is 480 g/mol. The Morgan fingerprint density at radius 3 is 2.44 bits per heavy atom. The Bertz CT molecular complexity index is 1110. The van der Waals surface area contributed by atoms with Crippen LogP contribution in [0.4, 0.5) is 5.69 Å². The van der Waals surface area contributed by atoms with Gasteiger partial charge in [0.05, 0.1) is 16.5 Å². The topological polar surface area (TPSA) is 99.3 Å². The normalized spacial score (nSPS) is 26.7. The second-order valence-electron chi connectivity index (χ2n) is 10.7. The lowest BCUT2D eigenvalue weighted by atomic mass is 9.93. The van der Waals surface area contributed by atoms with Crippen LogP contribution in [0.25, 0.3) is 0 Å². The Kier molecular flexibility index (Phi) is 7.29. The molecule has 0 aromatic heterocycles. The number of piperidine rings is 1. The number of fused-ring (bicyclic) bond motifs is 1. The van der Waals surface area contributed by atoms with Gasteiger partial charge in [-0.05, 0) is 51.2 Å². The predicted molar refractivity (Wildman–Crippen MR) is 136 cm³/mol. The van der Waals surface area contributed by atoms with E-state index in [0.717, 1.165) is 26.2 Å². The number of carbonyl (C=O) groups excluding carboxylic acids is 2. The zero-order chi connectivity index (χ0) is 25.4. The lowest BCUT2D eigenvalue weighted by Crippen LogP contribution is -2.55. The van der Waals surface area contributed by atoms with Crippen molar-refractivity contribution in [3.63, 3.8) is 0 Å². The van der Waals surface area contributed by atoms with E-state index >= 15 is 0 Å². The lowest BCUT2D eigenvalue weighted by Gasteiger charge is -2.42. The van der Waals surface area contributed by atoms with E-state index in [1.807, 2.05) is 4.90 Å². The van der Waals surface area contributed by atoms with Gasteiger partial charge in [0.15, 0.2) is 6.10 Å². The molecular formula is C26H38N4O5S. The fourth-order valence-corrected chi connectivity index (χ4v) is 7.88. The minimum Gasteiger partial charge on any atom is -0.479 e. The van der Waals surface area contributed by atoms with Crippen LogP contribution in [0, 0.1) is 12.8 Å². The van der Waals surface area contributed by atoms with Gasteiger partial charge in [0.1, 0.15) is 5.75 Å². The molecule has 3 heterocycles. The maximum absolute atomic E-state index is 13.7. The summed E-state index contributed by atoms with van der Waals surface area (Å²) in [6.45, 7) is 7.22. The highest BCUT2D eigenvalue weighted by Gasteiger charge is 2.38. The second-order valence-corrected chi connectivity index (χ2v) is 12.6. The van der Waals surface area contributed by atoms with E-state index in [9.17, 15) is 18.0 Å². The molecule has 4 aliphatic rings. The van der Waals surface area contributed by atoms with Crippen LogP contribution in [-0.4, -0.2) is 85.8 Å². The largest absolute Gasteiger partial charge is 0.479 e. The number of sulfonamides is 1. The minimum atomic E-state index is -3.82. The van der Waals surface area contributed by atoms with Crippen molar-refractivity contribution in [1.29, 1.82) is 0 Å². The molecule has 2 atom stereocenters. The molecule has 1 N–H and O–H groups in total. The summed E-state index contributed by atoms with van der Waals surface area (Å²) in [6.07, 6.45) is 7.16. The van der Waals surface area contributed by atoms with Crippen LogP contribution in [0.1, 0.15) is 57.4 Å². The van der Waals surface area contributed by atoms with Crippen molar-refractivity contribution in [2.75, 3.05) is 44.6 Å². The number of nitrogens with one attached hydrogen (secondary N) is 1. The maximum Gasteiger partial charge on any atom is 0.265 e. The molecule has 0 spiro atoms. The van der Waals surface area contributed by atoms with E-state index in [-0.39, 0.29) is 29.2 Å². The number of carbonyl (C=O) groups is 2. The number of anilines is 1. The van der Waals surface area contributed by atoms with Crippen LogP contribution in [0.2, 0.25) is 0 Å². The fraction of sp³-hybridized carbons (Fsp3) is 0.692. The van der Waals surface area contributed by atoms with Gasteiger partial charge in [-0.3, -0.25) is 14.5 Å². The molecule has 2 saturated heterocycles. The Labute approximate surface area is 214 Å². The molecule has 10 heteroatoms. The SMILES string of the molecule is Cc1cc2c(cc1S(=O)(=O)N1CCC[C@H](C(=O)N3CCN(C4CCCCC4)CC3)C1)O[C@@H](C)C(=O)N2. The molecule has 1 aliphatic carbocycles. The molecule has 3 fully saturated rings. The van der Waals surface area contributed by atoms with E-state index in [2.05, 4.69) is 10.2 Å². The highest BCUT2D eigenvalue weighted by Crippen LogP contribution is 2.36. The summed E-state index contributed by atoms with van der Waals surface area (Å²) in [5, 5.41) is 2.76. The Morgan fingerprint density at radius 1 is 1.00 bits per heavy atom. The number of benzene rings is 1. The van der Waals surface area contributed by atoms with Gasteiger partial charge < -0.3 is 15.0 Å². The Balaban J connectivity index is 1.25. The fourth-order valence-electron chi connectivity index (χ4n) is 6.13. The molecule has 0 bridgehead atoms. The zero-order valence-corrected chi connectivity index (χ0v) is 22.2. The van der Waals surface area contributed by atoms with Gasteiger partial charge in [0.2, 0.25) is 15.9 Å². The Hall–Kier alpha value is -2.17. The molecule has 0 radical (unpaired) electrons. The van der Waals surface area contributed by atoms with Gasteiger partial charge in [-0.15, -0.1) is 0 Å². The first-order chi connectivity index (χ1) is 17.2. The highest BCUT2D eigenvalue weighted by atomic mass is 32.2. The van der Waals surface area contributed by atoms with Crippen LogP contribution in [0.3, 0.4) is 0 Å². The Morgan fingerprint density at radius 2 is 1.72 bits per heavy atom. The third-order valence-corrected chi connectivity index (χ3v) is 10.3. The summed E-state index contributed by atoms with van der Waals surface area (Å²) in [5.74, 6) is -0.135. The summed E-state index contributed by atoms with van der Waals surface area (Å²) >= 11 is 0. The van der Waals surface area contributed by atoms with E-state index in [4.69, 9.17) is 4.74 Å². The van der Waals surface area contributed by atoms with E-state index < -0.39 is 16.1 Å². The van der Waals surface area contributed by atoms with E-state index in [1.54, 1.807) is 19.9 Å². The average molecular weight is 519 g/mol. The molecule has 3 aliphatic heterocycles. The van der Waals surface area contributed by atoms with E-state index in [0.29, 0.717) is 42.4 Å². The van der Waals surface area contributed by atoms with Crippen molar-refractivity contribution >= 4 is 27.5 Å². The highest BCUT2D eigenvalue weighted by molar-refractivity contribution is 7.89. The smallest absolute Gasteiger partial charge is 0.265 e. The second kappa shape index (κ2) is 10.3. The summed E-state index contributed by atoms with van der Waals surface area (Å²) in [5.41, 5.74) is 1.02.